The first-order chi connectivity index (χ1) is 6.33. The van der Waals surface area contributed by atoms with Crippen molar-refractivity contribution in [1.82, 2.24) is 0 Å². The molecule has 0 radical (unpaired) electrons. The van der Waals surface area contributed by atoms with Crippen LogP contribution in [0.2, 0.25) is 0 Å². The van der Waals surface area contributed by atoms with Crippen LogP contribution in [0.1, 0.15) is 34.1 Å². The zero-order valence-electron chi connectivity index (χ0n) is 9.04. The summed E-state index contributed by atoms with van der Waals surface area (Å²) in [5, 5.41) is 0. The van der Waals surface area contributed by atoms with Crippen LogP contribution in [0.3, 0.4) is 0 Å². The lowest BCUT2D eigenvalue weighted by atomic mass is 9.84. The highest BCUT2D eigenvalue weighted by molar-refractivity contribution is 14.1. The normalized spacial score (nSPS) is 31.7. The van der Waals surface area contributed by atoms with Crippen LogP contribution in [0.4, 0.5) is 0 Å². The summed E-state index contributed by atoms with van der Waals surface area (Å²) >= 11 is 2.30. The van der Waals surface area contributed by atoms with Crippen LogP contribution in [0.25, 0.3) is 0 Å². The van der Waals surface area contributed by atoms with E-state index in [1.54, 1.807) is 0 Å². The smallest absolute Gasteiger partial charge is 0.308 e. The van der Waals surface area contributed by atoms with E-state index < -0.39 is 6.29 Å². The Kier molecular flexibility index (Phi) is 3.80. The first-order valence-corrected chi connectivity index (χ1v) is 6.06. The van der Waals surface area contributed by atoms with E-state index in [2.05, 4.69) is 36.4 Å². The second-order valence-electron chi connectivity index (χ2n) is 4.61. The Labute approximate surface area is 98.7 Å². The maximum absolute atomic E-state index is 11.3. The summed E-state index contributed by atoms with van der Waals surface area (Å²) in [5.74, 6) is -0.159. The minimum absolute atomic E-state index is 0.0462. The molecule has 4 heteroatoms. The van der Waals surface area contributed by atoms with Gasteiger partial charge in [0.05, 0.1) is 16.4 Å². The van der Waals surface area contributed by atoms with E-state index in [-0.39, 0.29) is 21.4 Å². The highest BCUT2D eigenvalue weighted by Gasteiger charge is 2.43. The molecule has 1 rings (SSSR count). The molecule has 1 fully saturated rings. The van der Waals surface area contributed by atoms with Crippen LogP contribution in [0, 0.1) is 5.41 Å². The maximum Gasteiger partial charge on any atom is 0.308 e. The molecule has 0 aromatic carbocycles. The van der Waals surface area contributed by atoms with Gasteiger partial charge in [-0.3, -0.25) is 4.79 Å². The Bertz CT molecular complexity index is 225. The minimum atomic E-state index is -0.396. The number of carbonyl (C=O) groups excluding carboxylic acids is 1. The Hall–Kier alpha value is 0.160. The molecule has 2 atom stereocenters. The lowest BCUT2D eigenvalue weighted by molar-refractivity contribution is -0.204. The molecule has 0 saturated carbocycles. The van der Waals surface area contributed by atoms with Crippen LogP contribution in [-0.2, 0) is 14.3 Å². The van der Waals surface area contributed by atoms with Crippen LogP contribution in [-0.4, -0.2) is 22.3 Å². The van der Waals surface area contributed by atoms with Crippen molar-refractivity contribution in [1.29, 1.82) is 0 Å². The highest BCUT2D eigenvalue weighted by Crippen LogP contribution is 2.39. The van der Waals surface area contributed by atoms with E-state index in [1.807, 2.05) is 13.8 Å². The second-order valence-corrected chi connectivity index (χ2v) is 5.95. The predicted octanol–water partition coefficient (Wildman–Crippen LogP) is 2.51. The third-order valence-electron chi connectivity index (χ3n) is 2.24. The number of hydrogen-bond donors (Lipinski definition) is 0. The van der Waals surface area contributed by atoms with Crippen molar-refractivity contribution in [3.8, 4) is 0 Å². The Morgan fingerprint density at radius 3 is 2.64 bits per heavy atom. The van der Waals surface area contributed by atoms with Crippen molar-refractivity contribution in [2.45, 2.75) is 50.4 Å². The molecule has 0 N–H and O–H groups in total. The monoisotopic (exact) mass is 312 g/mol. The summed E-state index contributed by atoms with van der Waals surface area (Å²) in [6.45, 7) is 8.03. The van der Waals surface area contributed by atoms with Crippen LogP contribution < -0.4 is 0 Å². The SMILES string of the molecule is CC(C)O[C@@H]1OC(=O)CC(C)(C)[C@H]1I. The van der Waals surface area contributed by atoms with E-state index in [0.29, 0.717) is 6.42 Å². The molecule has 0 aromatic rings. The molecule has 0 aromatic heterocycles. The van der Waals surface area contributed by atoms with Gasteiger partial charge >= 0.3 is 5.97 Å². The molecule has 1 heterocycles. The lowest BCUT2D eigenvalue weighted by Crippen LogP contribution is -2.47. The summed E-state index contributed by atoms with van der Waals surface area (Å²) in [6, 6.07) is 0. The zero-order chi connectivity index (χ0) is 10.9. The Balaban J connectivity index is 2.70. The zero-order valence-corrected chi connectivity index (χ0v) is 11.2. The van der Waals surface area contributed by atoms with Gasteiger partial charge in [-0.15, -0.1) is 0 Å². The molecule has 0 aliphatic carbocycles. The lowest BCUT2D eigenvalue weighted by Gasteiger charge is -2.39. The first kappa shape index (κ1) is 12.2. The fourth-order valence-corrected chi connectivity index (χ4v) is 1.97. The summed E-state index contributed by atoms with van der Waals surface area (Å²) in [7, 11) is 0. The molecule has 3 nitrogen and oxygen atoms in total. The summed E-state index contributed by atoms with van der Waals surface area (Å²) in [6.07, 6.45) is 0.157. The van der Waals surface area contributed by atoms with E-state index in [1.165, 1.54) is 0 Å². The van der Waals surface area contributed by atoms with Crippen molar-refractivity contribution >= 4 is 28.6 Å². The van der Waals surface area contributed by atoms with Gasteiger partial charge < -0.3 is 9.47 Å². The Morgan fingerprint density at radius 2 is 2.14 bits per heavy atom. The average molecular weight is 312 g/mol. The standard InChI is InChI=1S/C10H17IO3/c1-6(2)13-9-8(11)10(3,4)5-7(12)14-9/h6,8-9H,5H2,1-4H3/t8-,9+/m0/s1. The highest BCUT2D eigenvalue weighted by atomic mass is 127. The van der Waals surface area contributed by atoms with Crippen molar-refractivity contribution in [3.05, 3.63) is 0 Å². The van der Waals surface area contributed by atoms with E-state index >= 15 is 0 Å². The molecular weight excluding hydrogens is 295 g/mol. The molecule has 14 heavy (non-hydrogen) atoms. The van der Waals surface area contributed by atoms with Crippen molar-refractivity contribution in [2.75, 3.05) is 0 Å². The summed E-state index contributed by atoms with van der Waals surface area (Å²) in [4.78, 5) is 11.3. The third-order valence-corrected chi connectivity index (χ3v) is 4.51. The quantitative estimate of drug-likeness (QED) is 0.446. The van der Waals surface area contributed by atoms with E-state index in [9.17, 15) is 4.79 Å². The number of alkyl halides is 1. The van der Waals surface area contributed by atoms with E-state index in [0.717, 1.165) is 0 Å². The molecular formula is C10H17IO3. The van der Waals surface area contributed by atoms with Gasteiger partial charge in [0.25, 0.3) is 0 Å². The van der Waals surface area contributed by atoms with E-state index in [4.69, 9.17) is 9.47 Å². The van der Waals surface area contributed by atoms with Gasteiger partial charge in [0, 0.05) is 0 Å². The average Bonchev–Trinajstić information content (AvgIpc) is 1.97. The first-order valence-electron chi connectivity index (χ1n) is 4.82. The fourth-order valence-electron chi connectivity index (χ4n) is 1.43. The predicted molar refractivity (Wildman–Crippen MR) is 62.3 cm³/mol. The number of ether oxygens (including phenoxy) is 2. The molecule has 0 amide bonds. The van der Waals surface area contributed by atoms with Crippen molar-refractivity contribution < 1.29 is 14.3 Å². The second kappa shape index (κ2) is 4.35. The van der Waals surface area contributed by atoms with Crippen LogP contribution >= 0.6 is 22.6 Å². The summed E-state index contributed by atoms with van der Waals surface area (Å²) in [5.41, 5.74) is -0.0462. The van der Waals surface area contributed by atoms with Gasteiger partial charge in [0.15, 0.2) is 0 Å². The number of carbonyl (C=O) groups is 1. The molecule has 0 bridgehead atoms. The van der Waals surface area contributed by atoms with Gasteiger partial charge in [-0.1, -0.05) is 36.4 Å². The third kappa shape index (κ3) is 2.82. The van der Waals surface area contributed by atoms with Crippen molar-refractivity contribution in [3.63, 3.8) is 0 Å². The number of esters is 1. The largest absolute Gasteiger partial charge is 0.435 e. The number of rotatable bonds is 2. The van der Waals surface area contributed by atoms with Crippen LogP contribution in [0.5, 0.6) is 0 Å². The van der Waals surface area contributed by atoms with Gasteiger partial charge in [-0.2, -0.15) is 0 Å². The molecule has 1 aliphatic heterocycles. The molecule has 0 unspecified atom stereocenters. The molecule has 1 saturated heterocycles. The van der Waals surface area contributed by atoms with Gasteiger partial charge in [0.2, 0.25) is 6.29 Å². The number of cyclic esters (lactones) is 1. The Morgan fingerprint density at radius 1 is 1.57 bits per heavy atom. The van der Waals surface area contributed by atoms with Gasteiger partial charge in [0.1, 0.15) is 0 Å². The molecule has 82 valence electrons. The minimum Gasteiger partial charge on any atom is -0.435 e. The van der Waals surface area contributed by atoms with Crippen LogP contribution in [0.15, 0.2) is 0 Å². The summed E-state index contributed by atoms with van der Waals surface area (Å²) < 4.78 is 10.9. The molecule has 0 spiro atoms. The molecule has 1 aliphatic rings. The van der Waals surface area contributed by atoms with Gasteiger partial charge in [-0.05, 0) is 19.3 Å². The number of hydrogen-bond acceptors (Lipinski definition) is 3. The maximum atomic E-state index is 11.3. The van der Waals surface area contributed by atoms with Gasteiger partial charge in [-0.25, -0.2) is 0 Å². The number of halogens is 1. The van der Waals surface area contributed by atoms with Crippen molar-refractivity contribution in [2.24, 2.45) is 5.41 Å². The topological polar surface area (TPSA) is 35.5 Å². The fraction of sp³-hybridized carbons (Fsp3) is 0.900.